The van der Waals surface area contributed by atoms with Crippen LogP contribution in [0, 0.1) is 0 Å². The normalized spacial score (nSPS) is 15.5. The highest BCUT2D eigenvalue weighted by Crippen LogP contribution is 2.60. The highest BCUT2D eigenvalue weighted by atomic mass is 15.1. The van der Waals surface area contributed by atoms with Crippen molar-refractivity contribution in [1.82, 2.24) is 4.57 Å². The van der Waals surface area contributed by atoms with E-state index in [2.05, 4.69) is 231 Å². The monoisotopic (exact) mass is 726 g/mol. The van der Waals surface area contributed by atoms with Gasteiger partial charge in [-0.25, -0.2) is 0 Å². The Morgan fingerprint density at radius 1 is 0.491 bits per heavy atom. The molecule has 11 rings (SSSR count). The average molecular weight is 727 g/mol. The first kappa shape index (κ1) is 33.3. The van der Waals surface area contributed by atoms with Crippen molar-refractivity contribution < 1.29 is 0 Å². The van der Waals surface area contributed by atoms with Crippen molar-refractivity contribution in [3.8, 4) is 27.9 Å². The molecule has 268 valence electrons. The number of rotatable bonds is 6. The molecule has 0 fully saturated rings. The standard InChI is InChI=1S/C54H39BN2/c1-2-14-45-46-35-42(56(40-29-25-38(26-30-40)36-15-5-3-6-16-36)41-31-27-39(28-32-41)37-17-7-4-8-18-37)33-34-47(46)54(53(45)55)48-21-10-12-24-51(48)57-50-23-11-9-19-43(50)44-20-13-22-49(54)52(44)57/h2-35H,55H2,1H3/b14-2-. The second kappa shape index (κ2) is 13.0. The van der Waals surface area contributed by atoms with Crippen molar-refractivity contribution in [2.75, 3.05) is 4.90 Å². The van der Waals surface area contributed by atoms with E-state index >= 15 is 0 Å². The summed E-state index contributed by atoms with van der Waals surface area (Å²) in [6.45, 7) is 2.14. The molecule has 2 heterocycles. The zero-order valence-corrected chi connectivity index (χ0v) is 32.0. The number of fused-ring (bicyclic) bond motifs is 9. The molecule has 0 N–H and O–H groups in total. The minimum atomic E-state index is -0.456. The van der Waals surface area contributed by atoms with Crippen LogP contribution < -0.4 is 4.90 Å². The van der Waals surface area contributed by atoms with E-state index in [-0.39, 0.29) is 0 Å². The molecule has 0 amide bonds. The topological polar surface area (TPSA) is 8.17 Å². The highest BCUT2D eigenvalue weighted by molar-refractivity contribution is 6.31. The first-order chi connectivity index (χ1) is 28.2. The summed E-state index contributed by atoms with van der Waals surface area (Å²) >= 11 is 0. The first-order valence-electron chi connectivity index (χ1n) is 19.9. The summed E-state index contributed by atoms with van der Waals surface area (Å²) in [6.07, 6.45) is 4.52. The molecule has 1 aliphatic heterocycles. The van der Waals surface area contributed by atoms with Crippen LogP contribution in [0.3, 0.4) is 0 Å². The van der Waals surface area contributed by atoms with Crippen LogP contribution in [0.15, 0.2) is 212 Å². The largest absolute Gasteiger partial charge is 0.310 e. The minimum absolute atomic E-state index is 0.456. The molecule has 8 aromatic carbocycles. The van der Waals surface area contributed by atoms with Gasteiger partial charge in [0.05, 0.1) is 22.1 Å². The number of benzene rings is 8. The van der Waals surface area contributed by atoms with Crippen molar-refractivity contribution in [3.63, 3.8) is 0 Å². The Labute approximate surface area is 334 Å². The van der Waals surface area contributed by atoms with Gasteiger partial charge in [0.1, 0.15) is 7.85 Å². The van der Waals surface area contributed by atoms with Crippen LogP contribution in [0.1, 0.15) is 29.2 Å². The fourth-order valence-corrected chi connectivity index (χ4v) is 9.92. The van der Waals surface area contributed by atoms with Crippen LogP contribution in [-0.2, 0) is 5.41 Å². The summed E-state index contributed by atoms with van der Waals surface area (Å²) in [7, 11) is 2.37. The van der Waals surface area contributed by atoms with Crippen molar-refractivity contribution in [1.29, 1.82) is 0 Å². The van der Waals surface area contributed by atoms with Crippen LogP contribution in [0.5, 0.6) is 0 Å². The van der Waals surface area contributed by atoms with Crippen molar-refractivity contribution >= 4 is 52.3 Å². The second-order valence-corrected chi connectivity index (χ2v) is 15.3. The van der Waals surface area contributed by atoms with Gasteiger partial charge in [-0.2, -0.15) is 0 Å². The van der Waals surface area contributed by atoms with Crippen LogP contribution in [0.4, 0.5) is 17.1 Å². The van der Waals surface area contributed by atoms with Gasteiger partial charge in [0.15, 0.2) is 0 Å². The summed E-state index contributed by atoms with van der Waals surface area (Å²) in [5.74, 6) is 0. The molecule has 57 heavy (non-hydrogen) atoms. The van der Waals surface area contributed by atoms with Gasteiger partial charge in [0.2, 0.25) is 0 Å². The smallest absolute Gasteiger partial charge is 0.136 e. The number of nitrogens with zero attached hydrogens (tertiary/aromatic N) is 2. The number of allylic oxidation sites excluding steroid dienone is 4. The van der Waals surface area contributed by atoms with E-state index in [1.807, 2.05) is 0 Å². The average Bonchev–Trinajstić information content (AvgIpc) is 3.74. The Hall–Kier alpha value is -7.10. The molecule has 2 aliphatic rings. The van der Waals surface area contributed by atoms with Crippen LogP contribution >= 0.6 is 0 Å². The zero-order valence-electron chi connectivity index (χ0n) is 32.0. The minimum Gasteiger partial charge on any atom is -0.310 e. The van der Waals surface area contributed by atoms with E-state index in [0.29, 0.717) is 0 Å². The number of hydrogen-bond acceptors (Lipinski definition) is 1. The maximum absolute atomic E-state index is 2.51. The van der Waals surface area contributed by atoms with Crippen molar-refractivity contribution in [2.45, 2.75) is 12.3 Å². The van der Waals surface area contributed by atoms with Crippen LogP contribution in [0.25, 0.3) is 55.3 Å². The van der Waals surface area contributed by atoms with Gasteiger partial charge < -0.3 is 9.47 Å². The third kappa shape index (κ3) is 4.85. The summed E-state index contributed by atoms with van der Waals surface area (Å²) in [5.41, 5.74) is 19.4. The predicted molar refractivity (Wildman–Crippen MR) is 243 cm³/mol. The molecule has 0 saturated heterocycles. The molecule has 1 aromatic heterocycles. The summed E-state index contributed by atoms with van der Waals surface area (Å²) in [5, 5.41) is 2.59. The molecule has 0 saturated carbocycles. The quantitative estimate of drug-likeness (QED) is 0.155. The Morgan fingerprint density at radius 3 is 1.70 bits per heavy atom. The Balaban J connectivity index is 1.14. The van der Waals surface area contributed by atoms with E-state index in [9.17, 15) is 0 Å². The van der Waals surface area contributed by atoms with E-state index < -0.39 is 5.41 Å². The Kier molecular flexibility index (Phi) is 7.59. The number of para-hydroxylation sites is 3. The van der Waals surface area contributed by atoms with Gasteiger partial charge >= 0.3 is 0 Å². The van der Waals surface area contributed by atoms with E-state index in [1.54, 1.807) is 0 Å². The molecular weight excluding hydrogens is 687 g/mol. The Morgan fingerprint density at radius 2 is 1.04 bits per heavy atom. The van der Waals surface area contributed by atoms with Gasteiger partial charge in [0, 0.05) is 27.8 Å². The van der Waals surface area contributed by atoms with Gasteiger partial charge in [0.25, 0.3) is 0 Å². The Bertz CT molecular complexity index is 2980. The van der Waals surface area contributed by atoms with Gasteiger partial charge in [-0.15, -0.1) is 0 Å². The lowest BCUT2D eigenvalue weighted by atomic mass is 9.59. The molecule has 1 unspecified atom stereocenters. The summed E-state index contributed by atoms with van der Waals surface area (Å²) in [6, 6.07) is 71.3. The maximum Gasteiger partial charge on any atom is 0.136 e. The molecule has 3 heteroatoms. The molecule has 9 aromatic rings. The van der Waals surface area contributed by atoms with Gasteiger partial charge in [-0.1, -0.05) is 163 Å². The van der Waals surface area contributed by atoms with E-state index in [1.165, 1.54) is 83.0 Å². The predicted octanol–water partition coefficient (Wildman–Crippen LogP) is 13.2. The molecule has 2 nitrogen and oxygen atoms in total. The fourth-order valence-electron chi connectivity index (χ4n) is 9.92. The number of aromatic nitrogens is 1. The van der Waals surface area contributed by atoms with Crippen LogP contribution in [0.2, 0.25) is 0 Å². The lowest BCUT2D eigenvalue weighted by molar-refractivity contribution is 0.757. The molecule has 1 spiro atoms. The fraction of sp³-hybridized carbons (Fsp3) is 0.0370. The third-order valence-electron chi connectivity index (χ3n) is 12.4. The molecule has 1 atom stereocenters. The lowest BCUT2D eigenvalue weighted by Gasteiger charge is -2.40. The molecule has 0 bridgehead atoms. The van der Waals surface area contributed by atoms with Crippen molar-refractivity contribution in [2.24, 2.45) is 0 Å². The van der Waals surface area contributed by atoms with Gasteiger partial charge in [-0.3, -0.25) is 0 Å². The van der Waals surface area contributed by atoms with Crippen molar-refractivity contribution in [3.05, 3.63) is 234 Å². The molecule has 1 aliphatic carbocycles. The molecule has 0 radical (unpaired) electrons. The third-order valence-corrected chi connectivity index (χ3v) is 12.4. The summed E-state index contributed by atoms with van der Waals surface area (Å²) in [4.78, 5) is 2.41. The molecular formula is C54H39BN2. The zero-order chi connectivity index (χ0) is 38.1. The van der Waals surface area contributed by atoms with Gasteiger partial charge in [-0.05, 0) is 106 Å². The second-order valence-electron chi connectivity index (χ2n) is 15.3. The first-order valence-corrected chi connectivity index (χ1v) is 19.9. The highest BCUT2D eigenvalue weighted by Gasteiger charge is 2.50. The summed E-state index contributed by atoms with van der Waals surface area (Å²) < 4.78 is 2.51. The maximum atomic E-state index is 2.51. The van der Waals surface area contributed by atoms with Crippen LogP contribution in [-0.4, -0.2) is 12.4 Å². The number of hydrogen-bond donors (Lipinski definition) is 0. The number of anilines is 3. The van der Waals surface area contributed by atoms with E-state index in [0.717, 1.165) is 17.1 Å². The van der Waals surface area contributed by atoms with E-state index in [4.69, 9.17) is 0 Å². The lowest BCUT2D eigenvalue weighted by Crippen LogP contribution is -2.34. The SMILES string of the molecule is BC1=C(/C=C\C)c2cc(N(c3ccc(-c4ccccc4)cc3)c3ccc(-c4ccccc4)cc3)ccc2C12c1ccccc1-n1c3ccccc3c3cccc2c31.